The molecule has 0 spiro atoms. The number of allylic oxidation sites excluding steroid dienone is 2. The Labute approximate surface area is 199 Å². The molecule has 1 aliphatic rings. The van der Waals surface area contributed by atoms with Gasteiger partial charge in [-0.3, -0.25) is 0 Å². The lowest BCUT2D eigenvalue weighted by Gasteiger charge is -2.24. The van der Waals surface area contributed by atoms with E-state index < -0.39 is 0 Å². The number of benzene rings is 1. The molecule has 0 N–H and O–H groups in total. The first kappa shape index (κ1) is 27.9. The first-order chi connectivity index (χ1) is 15.5. The number of hydrogen-bond donors (Lipinski definition) is 0. The maximum Gasteiger partial charge on any atom is 0.103 e. The fraction of sp³-hybridized carbons (Fsp3) is 0.429. The largest absolute Gasteiger partial charge is 0.332 e. The Bertz CT molecular complexity index is 973. The maximum absolute atomic E-state index is 10.5. The van der Waals surface area contributed by atoms with Crippen molar-refractivity contribution in [2.75, 3.05) is 13.6 Å². The molecule has 0 radical (unpaired) electrons. The van der Waals surface area contributed by atoms with Gasteiger partial charge in [0.15, 0.2) is 0 Å². The Balaban J connectivity index is 0.000000568. The van der Waals surface area contributed by atoms with Crippen LogP contribution in [0.5, 0.6) is 0 Å². The number of aryl methyl sites for hydroxylation is 2. The number of hydrogen-bond acceptors (Lipinski definition) is 2. The Kier molecular flexibility index (Phi) is 12.9. The van der Waals surface area contributed by atoms with Gasteiger partial charge in [-0.2, -0.15) is 0 Å². The van der Waals surface area contributed by atoms with E-state index in [4.69, 9.17) is 0 Å². The first-order valence-corrected chi connectivity index (χ1v) is 12.6. The monoisotopic (exact) mass is 456 g/mol. The number of likely N-dealkylation sites (N-methyl/N-ethyl adjacent to an activating group) is 1. The molecule has 0 saturated carbocycles. The van der Waals surface area contributed by atoms with Crippen molar-refractivity contribution in [3.8, 4) is 0 Å². The minimum absolute atomic E-state index is 0.500. The zero-order valence-corrected chi connectivity index (χ0v) is 22.0. The van der Waals surface area contributed by atoms with Crippen LogP contribution in [0.25, 0.3) is 16.3 Å². The molecule has 176 valence electrons. The molecule has 32 heavy (non-hydrogen) atoms. The van der Waals surface area contributed by atoms with Gasteiger partial charge in [-0.25, -0.2) is 4.39 Å². The molecule has 0 bridgehead atoms. The topological polar surface area (TPSA) is 8.17 Å². The van der Waals surface area contributed by atoms with Gasteiger partial charge in [0.25, 0.3) is 0 Å². The number of fused-ring (bicyclic) bond motifs is 3. The number of halogens is 1. The molecular weight excluding hydrogens is 415 g/mol. The van der Waals surface area contributed by atoms with Crippen molar-refractivity contribution in [1.29, 1.82) is 0 Å². The summed E-state index contributed by atoms with van der Waals surface area (Å²) in [5.41, 5.74) is 5.68. The lowest BCUT2D eigenvalue weighted by Crippen LogP contribution is -2.27. The lowest BCUT2D eigenvalue weighted by atomic mass is 10.1. The van der Waals surface area contributed by atoms with E-state index in [2.05, 4.69) is 72.8 Å². The summed E-state index contributed by atoms with van der Waals surface area (Å²) in [5.74, 6) is 0. The number of nitrogens with zero attached hydrogens (tertiary/aromatic N) is 2. The Morgan fingerprint density at radius 2 is 1.69 bits per heavy atom. The first-order valence-electron chi connectivity index (χ1n) is 11.8. The second-order valence-corrected chi connectivity index (χ2v) is 8.61. The highest BCUT2D eigenvalue weighted by atomic mass is 32.1. The summed E-state index contributed by atoms with van der Waals surface area (Å²) in [6.07, 6.45) is 7.54. The highest BCUT2D eigenvalue weighted by molar-refractivity contribution is 7.18. The van der Waals surface area contributed by atoms with Crippen molar-refractivity contribution in [3.05, 3.63) is 76.1 Å². The van der Waals surface area contributed by atoms with Crippen molar-refractivity contribution < 1.29 is 4.39 Å². The van der Waals surface area contributed by atoms with Crippen molar-refractivity contribution in [2.24, 2.45) is 0 Å². The third kappa shape index (κ3) is 7.46. The van der Waals surface area contributed by atoms with Crippen LogP contribution >= 0.6 is 11.3 Å². The summed E-state index contributed by atoms with van der Waals surface area (Å²) in [7, 11) is 2.22. The van der Waals surface area contributed by atoms with Crippen LogP contribution in [-0.4, -0.2) is 23.1 Å². The van der Waals surface area contributed by atoms with Crippen LogP contribution in [0.4, 0.5) is 4.39 Å². The van der Waals surface area contributed by atoms with Crippen LogP contribution in [0.15, 0.2) is 48.8 Å². The molecule has 2 nitrogen and oxygen atoms in total. The van der Waals surface area contributed by atoms with Gasteiger partial charge in [0, 0.05) is 42.0 Å². The summed E-state index contributed by atoms with van der Waals surface area (Å²) >= 11 is 1.93. The molecule has 3 aromatic rings. The molecule has 0 atom stereocenters. The molecule has 4 heteroatoms. The average Bonchev–Trinajstić information content (AvgIpc) is 3.33. The molecule has 0 unspecified atom stereocenters. The molecule has 4 rings (SSSR count). The van der Waals surface area contributed by atoms with Crippen LogP contribution in [0, 0.1) is 13.8 Å². The van der Waals surface area contributed by atoms with Crippen LogP contribution in [0.1, 0.15) is 61.9 Å². The van der Waals surface area contributed by atoms with E-state index in [0.717, 1.165) is 26.1 Å². The van der Waals surface area contributed by atoms with E-state index >= 15 is 0 Å². The average molecular weight is 457 g/mol. The summed E-state index contributed by atoms with van der Waals surface area (Å²) in [6.45, 7) is 17.2. The highest BCUT2D eigenvalue weighted by Crippen LogP contribution is 2.35. The fourth-order valence-electron chi connectivity index (χ4n) is 3.63. The van der Waals surface area contributed by atoms with Gasteiger partial charge < -0.3 is 9.47 Å². The Morgan fingerprint density at radius 3 is 2.28 bits per heavy atom. The zero-order chi connectivity index (χ0) is 24.1. The number of rotatable bonds is 3. The van der Waals surface area contributed by atoms with Gasteiger partial charge in [0.2, 0.25) is 0 Å². The SMILES string of the molecule is C/C=C/F.CC.CC.Cc1ccc(/C=C/Cn2c3c(c4cc(C)sc42)CN(C)CC3)cc1. The van der Waals surface area contributed by atoms with Gasteiger partial charge in [-0.1, -0.05) is 75.8 Å². The fourth-order valence-corrected chi connectivity index (χ4v) is 4.70. The predicted molar refractivity (Wildman–Crippen MR) is 143 cm³/mol. The summed E-state index contributed by atoms with van der Waals surface area (Å²) in [5, 5.41) is 1.47. The summed E-state index contributed by atoms with van der Waals surface area (Å²) in [6, 6.07) is 11.1. The standard InChI is InChI=1S/C21H24N2S.C3H5F.2C2H6/c1-15-6-8-17(9-7-15)5-4-11-23-20-10-12-22(3)14-19(20)18-13-16(2)24-21(18)23;1-2-3-4;2*1-2/h4-9,13H,10-12,14H2,1-3H3;2-3H,1H3;2*1-2H3/b5-4+;3-2+;;. The van der Waals surface area contributed by atoms with Gasteiger partial charge in [-0.05, 0) is 45.0 Å². The molecule has 2 aromatic heterocycles. The third-order valence-corrected chi connectivity index (χ3v) is 6.11. The van der Waals surface area contributed by atoms with Crippen LogP contribution < -0.4 is 0 Å². The molecule has 0 amide bonds. The van der Waals surface area contributed by atoms with Gasteiger partial charge >= 0.3 is 0 Å². The van der Waals surface area contributed by atoms with E-state index in [-0.39, 0.29) is 0 Å². The molecular formula is C28H41FN2S. The lowest BCUT2D eigenvalue weighted by molar-refractivity contribution is 0.310. The Morgan fingerprint density at radius 1 is 1.06 bits per heavy atom. The minimum Gasteiger partial charge on any atom is -0.332 e. The Hall–Kier alpha value is -2.17. The number of thiophene rings is 1. The van der Waals surface area contributed by atoms with Crippen molar-refractivity contribution >= 4 is 27.6 Å². The van der Waals surface area contributed by atoms with Crippen molar-refractivity contribution in [1.82, 2.24) is 9.47 Å². The quantitative estimate of drug-likeness (QED) is 0.383. The molecule has 0 saturated heterocycles. The van der Waals surface area contributed by atoms with Crippen LogP contribution in [0.2, 0.25) is 0 Å². The van der Waals surface area contributed by atoms with Gasteiger partial charge in [0.1, 0.15) is 4.83 Å². The second kappa shape index (κ2) is 14.8. The molecule has 0 aliphatic carbocycles. The van der Waals surface area contributed by atoms with E-state index in [1.54, 1.807) is 18.2 Å². The van der Waals surface area contributed by atoms with E-state index in [0.29, 0.717) is 6.33 Å². The zero-order valence-electron chi connectivity index (χ0n) is 21.2. The van der Waals surface area contributed by atoms with Gasteiger partial charge in [0.05, 0.1) is 6.33 Å². The predicted octanol–water partition coefficient (Wildman–Crippen LogP) is 8.56. The normalized spacial score (nSPS) is 13.2. The highest BCUT2D eigenvalue weighted by Gasteiger charge is 2.23. The summed E-state index contributed by atoms with van der Waals surface area (Å²) < 4.78 is 13.1. The van der Waals surface area contributed by atoms with E-state index in [1.807, 2.05) is 39.0 Å². The molecule has 1 aromatic carbocycles. The molecule has 0 fully saturated rings. The van der Waals surface area contributed by atoms with Crippen LogP contribution in [0.3, 0.4) is 0 Å². The van der Waals surface area contributed by atoms with Crippen LogP contribution in [-0.2, 0) is 19.5 Å². The molecule has 3 heterocycles. The molecule has 1 aliphatic heterocycles. The van der Waals surface area contributed by atoms with E-state index in [9.17, 15) is 4.39 Å². The van der Waals surface area contributed by atoms with Crippen molar-refractivity contribution in [2.45, 2.75) is 68.0 Å². The van der Waals surface area contributed by atoms with Crippen molar-refractivity contribution in [3.63, 3.8) is 0 Å². The summed E-state index contributed by atoms with van der Waals surface area (Å²) in [4.78, 5) is 5.29. The number of aromatic nitrogens is 1. The third-order valence-electron chi connectivity index (χ3n) is 5.04. The van der Waals surface area contributed by atoms with Gasteiger partial charge in [-0.15, -0.1) is 11.3 Å². The maximum atomic E-state index is 10.5. The minimum atomic E-state index is 0.500. The van der Waals surface area contributed by atoms with E-state index in [1.165, 1.54) is 32.3 Å². The smallest absolute Gasteiger partial charge is 0.103 e. The second-order valence-electron chi connectivity index (χ2n) is 7.37.